The highest BCUT2D eigenvalue weighted by Gasteiger charge is 2.10. The molecule has 3 nitrogen and oxygen atoms in total. The molecule has 0 aliphatic heterocycles. The van der Waals surface area contributed by atoms with Crippen LogP contribution in [0.4, 0.5) is 5.69 Å². The fourth-order valence-electron chi connectivity index (χ4n) is 2.10. The molecule has 0 aliphatic carbocycles. The van der Waals surface area contributed by atoms with Crippen LogP contribution in [-0.4, -0.2) is 9.97 Å². The van der Waals surface area contributed by atoms with Crippen molar-refractivity contribution in [2.24, 2.45) is 0 Å². The zero-order chi connectivity index (χ0) is 13.8. The Hall–Kier alpha value is -2.20. The maximum absolute atomic E-state index is 4.34. The molecule has 0 aliphatic rings. The molecule has 2 aromatic heterocycles. The van der Waals surface area contributed by atoms with Crippen LogP contribution in [0.1, 0.15) is 18.7 Å². The maximum Gasteiger partial charge on any atom is 0.0806 e. The number of benzene rings is 1. The summed E-state index contributed by atoms with van der Waals surface area (Å²) in [7, 11) is 0. The van der Waals surface area contributed by atoms with Crippen LogP contribution in [0.15, 0.2) is 60.4 Å². The molecule has 1 atom stereocenters. The molecule has 0 spiro atoms. The molecule has 3 aromatic rings. The van der Waals surface area contributed by atoms with Crippen LogP contribution in [0.25, 0.3) is 10.4 Å². The van der Waals surface area contributed by atoms with Gasteiger partial charge < -0.3 is 5.32 Å². The molecular formula is C16H15N3S. The monoisotopic (exact) mass is 281 g/mol. The second kappa shape index (κ2) is 5.84. The summed E-state index contributed by atoms with van der Waals surface area (Å²) < 4.78 is 0. The molecule has 20 heavy (non-hydrogen) atoms. The predicted molar refractivity (Wildman–Crippen MR) is 83.8 cm³/mol. The molecule has 0 fully saturated rings. The number of thiophene rings is 1. The number of aromatic nitrogens is 2. The molecule has 4 heteroatoms. The van der Waals surface area contributed by atoms with Gasteiger partial charge in [0, 0.05) is 28.5 Å². The highest BCUT2D eigenvalue weighted by molar-refractivity contribution is 7.13. The number of nitrogens with zero attached hydrogens (tertiary/aromatic N) is 2. The normalized spacial score (nSPS) is 12.1. The van der Waals surface area contributed by atoms with Gasteiger partial charge >= 0.3 is 0 Å². The van der Waals surface area contributed by atoms with E-state index in [1.165, 1.54) is 10.4 Å². The molecule has 0 saturated carbocycles. The lowest BCUT2D eigenvalue weighted by Crippen LogP contribution is -2.09. The lowest BCUT2D eigenvalue weighted by atomic mass is 10.1. The number of hydrogen-bond donors (Lipinski definition) is 1. The van der Waals surface area contributed by atoms with Crippen LogP contribution in [-0.2, 0) is 0 Å². The van der Waals surface area contributed by atoms with E-state index in [0.29, 0.717) is 0 Å². The third-order valence-corrected chi connectivity index (χ3v) is 4.02. The molecule has 0 amide bonds. The second-order valence-electron chi connectivity index (χ2n) is 4.52. The van der Waals surface area contributed by atoms with Gasteiger partial charge in [-0.15, -0.1) is 11.3 Å². The Balaban J connectivity index is 1.88. The van der Waals surface area contributed by atoms with E-state index < -0.39 is 0 Å². The van der Waals surface area contributed by atoms with E-state index >= 15 is 0 Å². The summed E-state index contributed by atoms with van der Waals surface area (Å²) in [5.41, 5.74) is 3.28. The summed E-state index contributed by atoms with van der Waals surface area (Å²) in [4.78, 5) is 9.73. The van der Waals surface area contributed by atoms with Gasteiger partial charge in [-0.1, -0.05) is 24.3 Å². The smallest absolute Gasteiger partial charge is 0.0806 e. The first-order valence-electron chi connectivity index (χ1n) is 6.50. The van der Waals surface area contributed by atoms with Gasteiger partial charge in [-0.25, -0.2) is 0 Å². The van der Waals surface area contributed by atoms with E-state index in [9.17, 15) is 0 Å². The predicted octanol–water partition coefficient (Wildman–Crippen LogP) is 4.38. The average molecular weight is 281 g/mol. The highest BCUT2D eigenvalue weighted by atomic mass is 32.1. The summed E-state index contributed by atoms with van der Waals surface area (Å²) in [5.74, 6) is 0. The van der Waals surface area contributed by atoms with Crippen LogP contribution in [0, 0.1) is 0 Å². The van der Waals surface area contributed by atoms with Crippen molar-refractivity contribution >= 4 is 17.0 Å². The lowest BCUT2D eigenvalue weighted by Gasteiger charge is -2.17. The van der Waals surface area contributed by atoms with Gasteiger partial charge in [0.1, 0.15) is 0 Å². The largest absolute Gasteiger partial charge is 0.376 e. The van der Waals surface area contributed by atoms with Crippen molar-refractivity contribution in [2.75, 3.05) is 5.32 Å². The Morgan fingerprint density at radius 1 is 1.10 bits per heavy atom. The number of para-hydroxylation sites is 1. The van der Waals surface area contributed by atoms with Gasteiger partial charge in [0.05, 0.1) is 17.9 Å². The van der Waals surface area contributed by atoms with Gasteiger partial charge in [0.25, 0.3) is 0 Å². The Kier molecular flexibility index (Phi) is 3.74. The van der Waals surface area contributed by atoms with Gasteiger partial charge in [0.2, 0.25) is 0 Å². The summed E-state index contributed by atoms with van der Waals surface area (Å²) in [6.45, 7) is 2.09. The summed E-state index contributed by atoms with van der Waals surface area (Å²) in [6.07, 6.45) is 5.21. The summed E-state index contributed by atoms with van der Waals surface area (Å²) in [6, 6.07) is 12.7. The first kappa shape index (κ1) is 12.8. The fourth-order valence-corrected chi connectivity index (χ4v) is 2.86. The molecule has 2 heterocycles. The standard InChI is InChI=1S/C16H15N3S/c1-12(15-11-17-8-9-18-15)19-14-6-3-2-5-13(14)16-7-4-10-20-16/h2-12,19H,1H3. The zero-order valence-corrected chi connectivity index (χ0v) is 12.0. The number of anilines is 1. The van der Waals surface area contributed by atoms with E-state index in [4.69, 9.17) is 0 Å². The molecule has 1 N–H and O–H groups in total. The van der Waals surface area contributed by atoms with Crippen LogP contribution >= 0.6 is 11.3 Å². The van der Waals surface area contributed by atoms with Crippen molar-refractivity contribution in [2.45, 2.75) is 13.0 Å². The van der Waals surface area contributed by atoms with E-state index in [1.807, 2.05) is 6.07 Å². The van der Waals surface area contributed by atoms with Gasteiger partial charge in [0.15, 0.2) is 0 Å². The SMILES string of the molecule is CC(Nc1ccccc1-c1cccs1)c1cnccn1. The maximum atomic E-state index is 4.34. The van der Waals surface area contributed by atoms with Gasteiger partial charge in [-0.3, -0.25) is 9.97 Å². The lowest BCUT2D eigenvalue weighted by molar-refractivity contribution is 0.828. The highest BCUT2D eigenvalue weighted by Crippen LogP contribution is 2.32. The zero-order valence-electron chi connectivity index (χ0n) is 11.2. The molecule has 1 aromatic carbocycles. The fraction of sp³-hybridized carbons (Fsp3) is 0.125. The van der Waals surface area contributed by atoms with Gasteiger partial charge in [-0.2, -0.15) is 0 Å². The van der Waals surface area contributed by atoms with Crippen molar-refractivity contribution in [3.8, 4) is 10.4 Å². The van der Waals surface area contributed by atoms with Crippen LogP contribution in [0.3, 0.4) is 0 Å². The summed E-state index contributed by atoms with van der Waals surface area (Å²) in [5, 5.41) is 5.61. The molecule has 0 bridgehead atoms. The van der Waals surface area contributed by atoms with E-state index in [0.717, 1.165) is 11.4 Å². The Morgan fingerprint density at radius 3 is 2.75 bits per heavy atom. The topological polar surface area (TPSA) is 37.8 Å². The number of rotatable bonds is 4. The Bertz CT molecular complexity index is 665. The quantitative estimate of drug-likeness (QED) is 0.771. The first-order valence-corrected chi connectivity index (χ1v) is 7.38. The molecule has 1 unspecified atom stereocenters. The first-order chi connectivity index (χ1) is 9.84. The van der Waals surface area contributed by atoms with Crippen molar-refractivity contribution in [3.63, 3.8) is 0 Å². The van der Waals surface area contributed by atoms with E-state index in [2.05, 4.69) is 57.9 Å². The average Bonchev–Trinajstić information content (AvgIpc) is 3.03. The van der Waals surface area contributed by atoms with Gasteiger partial charge in [-0.05, 0) is 24.4 Å². The van der Waals surface area contributed by atoms with Crippen LogP contribution in [0.5, 0.6) is 0 Å². The molecule has 0 radical (unpaired) electrons. The van der Waals surface area contributed by atoms with Crippen molar-refractivity contribution in [3.05, 3.63) is 66.1 Å². The van der Waals surface area contributed by atoms with Crippen molar-refractivity contribution < 1.29 is 0 Å². The minimum absolute atomic E-state index is 0.116. The number of hydrogen-bond acceptors (Lipinski definition) is 4. The Labute approximate surface area is 122 Å². The molecule has 100 valence electrons. The molecular weight excluding hydrogens is 266 g/mol. The van der Waals surface area contributed by atoms with E-state index in [-0.39, 0.29) is 6.04 Å². The van der Waals surface area contributed by atoms with Crippen LogP contribution < -0.4 is 5.32 Å². The van der Waals surface area contributed by atoms with E-state index in [1.54, 1.807) is 29.9 Å². The Morgan fingerprint density at radius 2 is 2.00 bits per heavy atom. The second-order valence-corrected chi connectivity index (χ2v) is 5.47. The van der Waals surface area contributed by atoms with Crippen molar-refractivity contribution in [1.29, 1.82) is 0 Å². The molecule has 0 saturated heterocycles. The van der Waals surface area contributed by atoms with Crippen LogP contribution in [0.2, 0.25) is 0 Å². The summed E-state index contributed by atoms with van der Waals surface area (Å²) >= 11 is 1.75. The third kappa shape index (κ3) is 2.70. The van der Waals surface area contributed by atoms with Crippen molar-refractivity contribution in [1.82, 2.24) is 9.97 Å². The number of nitrogens with one attached hydrogen (secondary N) is 1. The minimum atomic E-state index is 0.116. The third-order valence-electron chi connectivity index (χ3n) is 3.11. The molecule has 3 rings (SSSR count). The minimum Gasteiger partial charge on any atom is -0.376 e.